The molecule has 0 saturated heterocycles. The number of rotatable bonds is 6. The van der Waals surface area contributed by atoms with Crippen LogP contribution in [0.25, 0.3) is 0 Å². The van der Waals surface area contributed by atoms with E-state index in [1.807, 2.05) is 0 Å². The number of benzene rings is 1. The third-order valence-corrected chi connectivity index (χ3v) is 5.02. The number of hydrogen-bond donors (Lipinski definition) is 1. The molecule has 0 radical (unpaired) electrons. The minimum absolute atomic E-state index is 0.0348. The molecule has 0 amide bonds. The zero-order valence-electron chi connectivity index (χ0n) is 18.3. The Morgan fingerprint density at radius 2 is 1.50 bits per heavy atom. The minimum Gasteiger partial charge on any atom is -0.493 e. The molecule has 1 aliphatic heterocycles. The molecule has 0 unspecified atom stereocenters. The van der Waals surface area contributed by atoms with Gasteiger partial charge in [0.15, 0.2) is 11.5 Å². The van der Waals surface area contributed by atoms with Crippen molar-refractivity contribution in [2.24, 2.45) is 0 Å². The lowest BCUT2D eigenvalue weighted by molar-refractivity contribution is -0.137. The standard InChI is InChI=1S/C23H23NO8/c1-12-18(22(26)29-4)20(19(13(2)24-12)23(27)30-5)14-8-9-15(17(11-14)28-3)32-21(25)16-7-6-10-31-16/h6-11,20,24H,1-5H3. The summed E-state index contributed by atoms with van der Waals surface area (Å²) in [4.78, 5) is 37.5. The van der Waals surface area contributed by atoms with Crippen LogP contribution in [0.15, 0.2) is 63.6 Å². The van der Waals surface area contributed by atoms with Gasteiger partial charge in [-0.3, -0.25) is 0 Å². The number of esters is 3. The van der Waals surface area contributed by atoms with Crippen LogP contribution in [0.4, 0.5) is 0 Å². The monoisotopic (exact) mass is 441 g/mol. The van der Waals surface area contributed by atoms with Gasteiger partial charge in [-0.05, 0) is 43.7 Å². The van der Waals surface area contributed by atoms with E-state index in [0.29, 0.717) is 17.0 Å². The summed E-state index contributed by atoms with van der Waals surface area (Å²) in [6.07, 6.45) is 1.36. The molecular formula is C23H23NO8. The van der Waals surface area contributed by atoms with Gasteiger partial charge < -0.3 is 28.7 Å². The van der Waals surface area contributed by atoms with Gasteiger partial charge in [0.1, 0.15) is 0 Å². The van der Waals surface area contributed by atoms with Crippen molar-refractivity contribution < 1.29 is 37.7 Å². The molecule has 0 atom stereocenters. The molecule has 32 heavy (non-hydrogen) atoms. The van der Waals surface area contributed by atoms with Crippen LogP contribution in [0, 0.1) is 0 Å². The Bertz CT molecular complexity index is 1070. The zero-order valence-corrected chi connectivity index (χ0v) is 18.3. The summed E-state index contributed by atoms with van der Waals surface area (Å²) in [6.45, 7) is 3.43. The predicted molar refractivity (Wildman–Crippen MR) is 112 cm³/mol. The summed E-state index contributed by atoms with van der Waals surface area (Å²) in [6, 6.07) is 7.79. The molecule has 3 rings (SSSR count). The smallest absolute Gasteiger partial charge is 0.379 e. The molecule has 1 aromatic heterocycles. The molecule has 2 aromatic rings. The maximum absolute atomic E-state index is 12.6. The number of ether oxygens (including phenoxy) is 4. The molecule has 1 aromatic carbocycles. The molecule has 0 fully saturated rings. The summed E-state index contributed by atoms with van der Waals surface area (Å²) in [7, 11) is 3.94. The average molecular weight is 441 g/mol. The topological polar surface area (TPSA) is 113 Å². The van der Waals surface area contributed by atoms with Crippen molar-refractivity contribution >= 4 is 17.9 Å². The lowest BCUT2D eigenvalue weighted by Crippen LogP contribution is -2.32. The molecule has 0 aliphatic carbocycles. The quantitative estimate of drug-likeness (QED) is 0.534. The van der Waals surface area contributed by atoms with Crippen molar-refractivity contribution in [1.82, 2.24) is 5.32 Å². The fraction of sp³-hybridized carbons (Fsp3) is 0.261. The lowest BCUT2D eigenvalue weighted by atomic mass is 9.80. The van der Waals surface area contributed by atoms with Crippen molar-refractivity contribution in [3.63, 3.8) is 0 Å². The van der Waals surface area contributed by atoms with Gasteiger partial charge in [-0.2, -0.15) is 0 Å². The van der Waals surface area contributed by atoms with Gasteiger partial charge in [-0.1, -0.05) is 6.07 Å². The van der Waals surface area contributed by atoms with Crippen molar-refractivity contribution in [1.29, 1.82) is 0 Å². The number of carbonyl (C=O) groups is 3. The van der Waals surface area contributed by atoms with Crippen molar-refractivity contribution in [2.75, 3.05) is 21.3 Å². The molecule has 0 spiro atoms. The molecule has 2 heterocycles. The van der Waals surface area contributed by atoms with Crippen molar-refractivity contribution in [3.8, 4) is 11.5 Å². The van der Waals surface area contributed by atoms with E-state index in [1.165, 1.54) is 39.7 Å². The van der Waals surface area contributed by atoms with Gasteiger partial charge in [0, 0.05) is 11.4 Å². The zero-order chi connectivity index (χ0) is 23.4. The first-order valence-corrected chi connectivity index (χ1v) is 9.61. The van der Waals surface area contributed by atoms with E-state index in [0.717, 1.165) is 0 Å². The van der Waals surface area contributed by atoms with E-state index in [1.54, 1.807) is 32.0 Å². The van der Waals surface area contributed by atoms with Gasteiger partial charge in [0.25, 0.3) is 0 Å². The van der Waals surface area contributed by atoms with Gasteiger partial charge in [-0.25, -0.2) is 14.4 Å². The number of methoxy groups -OCH3 is 3. The van der Waals surface area contributed by atoms with Crippen LogP contribution in [0.5, 0.6) is 11.5 Å². The van der Waals surface area contributed by atoms with Crippen LogP contribution >= 0.6 is 0 Å². The summed E-state index contributed by atoms with van der Waals surface area (Å²) in [5, 5.41) is 3.04. The van der Waals surface area contributed by atoms with E-state index in [9.17, 15) is 14.4 Å². The average Bonchev–Trinajstić information content (AvgIpc) is 3.33. The lowest BCUT2D eigenvalue weighted by Gasteiger charge is -2.30. The Balaban J connectivity index is 2.09. The second-order valence-corrected chi connectivity index (χ2v) is 6.90. The molecule has 168 valence electrons. The molecule has 9 heteroatoms. The van der Waals surface area contributed by atoms with Crippen LogP contribution in [-0.2, 0) is 19.1 Å². The Morgan fingerprint density at radius 3 is 2.00 bits per heavy atom. The second-order valence-electron chi connectivity index (χ2n) is 6.90. The van der Waals surface area contributed by atoms with Crippen LogP contribution in [0.3, 0.4) is 0 Å². The maximum atomic E-state index is 12.6. The third-order valence-electron chi connectivity index (χ3n) is 5.02. The van der Waals surface area contributed by atoms with E-state index >= 15 is 0 Å². The molecule has 1 N–H and O–H groups in total. The SMILES string of the molecule is COC(=O)C1=C(C)NC(C)=C(C(=O)OC)C1c1ccc(OC(=O)c2ccco2)c(OC)c1. The van der Waals surface area contributed by atoms with Crippen molar-refractivity contribution in [2.45, 2.75) is 19.8 Å². The highest BCUT2D eigenvalue weighted by Gasteiger charge is 2.38. The first kappa shape index (κ1) is 22.7. The van der Waals surface area contributed by atoms with Crippen LogP contribution in [-0.4, -0.2) is 39.2 Å². The Hall–Kier alpha value is -4.01. The first-order chi connectivity index (χ1) is 15.3. The Kier molecular flexibility index (Phi) is 6.67. The number of nitrogens with one attached hydrogen (secondary N) is 1. The highest BCUT2D eigenvalue weighted by Crippen LogP contribution is 2.42. The Morgan fingerprint density at radius 1 is 0.875 bits per heavy atom. The summed E-state index contributed by atoms with van der Waals surface area (Å²) < 4.78 is 25.8. The van der Waals surface area contributed by atoms with Crippen LogP contribution < -0.4 is 14.8 Å². The third kappa shape index (κ3) is 4.22. The minimum atomic E-state index is -0.792. The summed E-state index contributed by atoms with van der Waals surface area (Å²) in [5.74, 6) is -2.27. The van der Waals surface area contributed by atoms with Gasteiger partial charge in [0.05, 0.1) is 44.7 Å². The predicted octanol–water partition coefficient (Wildman–Crippen LogP) is 3.09. The summed E-state index contributed by atoms with van der Waals surface area (Å²) in [5.41, 5.74) is 2.13. The molecular weight excluding hydrogens is 418 g/mol. The number of hydrogen-bond acceptors (Lipinski definition) is 9. The number of carbonyl (C=O) groups excluding carboxylic acids is 3. The van der Waals surface area contributed by atoms with Gasteiger partial charge in [0.2, 0.25) is 5.76 Å². The molecule has 1 aliphatic rings. The fourth-order valence-corrected chi connectivity index (χ4v) is 3.58. The largest absolute Gasteiger partial charge is 0.493 e. The van der Waals surface area contributed by atoms with Crippen LogP contribution in [0.1, 0.15) is 35.9 Å². The highest BCUT2D eigenvalue weighted by molar-refractivity contribution is 6.00. The van der Waals surface area contributed by atoms with Crippen molar-refractivity contribution in [3.05, 3.63) is 70.5 Å². The number of allylic oxidation sites excluding steroid dienone is 2. The van der Waals surface area contributed by atoms with Crippen LogP contribution in [0.2, 0.25) is 0 Å². The van der Waals surface area contributed by atoms with Gasteiger partial charge in [-0.15, -0.1) is 0 Å². The maximum Gasteiger partial charge on any atom is 0.379 e. The number of dihydropyridines is 1. The Labute approximate surface area is 184 Å². The van der Waals surface area contributed by atoms with Gasteiger partial charge >= 0.3 is 17.9 Å². The second kappa shape index (κ2) is 9.42. The molecule has 0 bridgehead atoms. The van der Waals surface area contributed by atoms with E-state index in [-0.39, 0.29) is 28.4 Å². The van der Waals surface area contributed by atoms with E-state index in [4.69, 9.17) is 23.4 Å². The van der Waals surface area contributed by atoms with E-state index in [2.05, 4.69) is 5.32 Å². The first-order valence-electron chi connectivity index (χ1n) is 9.61. The number of furan rings is 1. The molecule has 0 saturated carbocycles. The fourth-order valence-electron chi connectivity index (χ4n) is 3.58. The highest BCUT2D eigenvalue weighted by atomic mass is 16.6. The normalized spacial score (nSPS) is 14.0. The molecule has 9 nitrogen and oxygen atoms in total. The van der Waals surface area contributed by atoms with E-state index < -0.39 is 23.8 Å². The summed E-state index contributed by atoms with van der Waals surface area (Å²) >= 11 is 0.